The van der Waals surface area contributed by atoms with Gasteiger partial charge in [-0.3, -0.25) is 9.59 Å². The normalized spacial score (nSPS) is 15.6. The molecule has 6 heteroatoms. The fourth-order valence-electron chi connectivity index (χ4n) is 2.61. The standard InChI is InChI=1S/C17H23ClN2O3/c1-11(2)16(21)19-13-6-8-20(9-7-13)17(22)14-10-12(18)4-5-15(14)23-3/h4-5,10-11,13H,6-9H2,1-3H3,(H,19,21). The summed E-state index contributed by atoms with van der Waals surface area (Å²) in [6, 6.07) is 5.17. The first-order valence-electron chi connectivity index (χ1n) is 7.85. The van der Waals surface area contributed by atoms with Crippen molar-refractivity contribution in [3.63, 3.8) is 0 Å². The smallest absolute Gasteiger partial charge is 0.257 e. The van der Waals surface area contributed by atoms with E-state index in [9.17, 15) is 9.59 Å². The molecule has 0 aromatic heterocycles. The van der Waals surface area contributed by atoms with Crippen LogP contribution in [0.1, 0.15) is 37.0 Å². The van der Waals surface area contributed by atoms with Gasteiger partial charge in [0.1, 0.15) is 5.75 Å². The maximum Gasteiger partial charge on any atom is 0.257 e. The van der Waals surface area contributed by atoms with Gasteiger partial charge in [-0.25, -0.2) is 0 Å². The van der Waals surface area contributed by atoms with Crippen LogP contribution in [0.4, 0.5) is 0 Å². The van der Waals surface area contributed by atoms with E-state index < -0.39 is 0 Å². The van der Waals surface area contributed by atoms with Gasteiger partial charge in [-0.1, -0.05) is 25.4 Å². The summed E-state index contributed by atoms with van der Waals surface area (Å²) in [4.78, 5) is 26.2. The molecular weight excluding hydrogens is 316 g/mol. The first-order valence-corrected chi connectivity index (χ1v) is 8.23. The zero-order valence-corrected chi connectivity index (χ0v) is 14.5. The van der Waals surface area contributed by atoms with Crippen LogP contribution in [0, 0.1) is 5.92 Å². The first-order chi connectivity index (χ1) is 10.9. The van der Waals surface area contributed by atoms with Crippen molar-refractivity contribution in [3.05, 3.63) is 28.8 Å². The number of amides is 2. The molecule has 5 nitrogen and oxygen atoms in total. The summed E-state index contributed by atoms with van der Waals surface area (Å²) in [5, 5.41) is 3.53. The Morgan fingerprint density at radius 3 is 2.52 bits per heavy atom. The van der Waals surface area contributed by atoms with Crippen molar-refractivity contribution in [1.82, 2.24) is 10.2 Å². The minimum absolute atomic E-state index is 0.0228. The molecule has 1 heterocycles. The molecule has 1 fully saturated rings. The van der Waals surface area contributed by atoms with Gasteiger partial charge in [0.05, 0.1) is 12.7 Å². The summed E-state index contributed by atoms with van der Waals surface area (Å²) in [6.45, 7) is 4.97. The van der Waals surface area contributed by atoms with Gasteiger partial charge in [0, 0.05) is 30.1 Å². The Labute approximate surface area is 141 Å². The Kier molecular flexibility index (Phi) is 5.88. The molecule has 1 aliphatic heterocycles. The highest BCUT2D eigenvalue weighted by Crippen LogP contribution is 2.25. The van der Waals surface area contributed by atoms with Crippen LogP contribution in [0.15, 0.2) is 18.2 Å². The average molecular weight is 339 g/mol. The number of nitrogens with zero attached hydrogens (tertiary/aromatic N) is 1. The molecule has 1 saturated heterocycles. The molecule has 0 spiro atoms. The number of carbonyl (C=O) groups is 2. The SMILES string of the molecule is COc1ccc(Cl)cc1C(=O)N1CCC(NC(=O)C(C)C)CC1. The van der Waals surface area contributed by atoms with E-state index in [2.05, 4.69) is 5.32 Å². The maximum absolute atomic E-state index is 12.7. The lowest BCUT2D eigenvalue weighted by molar-refractivity contribution is -0.124. The van der Waals surface area contributed by atoms with Crippen LogP contribution in [0.3, 0.4) is 0 Å². The number of methoxy groups -OCH3 is 1. The Morgan fingerprint density at radius 1 is 1.30 bits per heavy atom. The first kappa shape index (κ1) is 17.6. The number of hydrogen-bond acceptors (Lipinski definition) is 3. The maximum atomic E-state index is 12.7. The second-order valence-corrected chi connectivity index (χ2v) is 6.51. The predicted octanol–water partition coefficient (Wildman–Crippen LogP) is 2.73. The highest BCUT2D eigenvalue weighted by molar-refractivity contribution is 6.31. The van der Waals surface area contributed by atoms with Crippen molar-refractivity contribution in [2.45, 2.75) is 32.7 Å². The molecule has 0 radical (unpaired) electrons. The summed E-state index contributed by atoms with van der Waals surface area (Å²) in [6.07, 6.45) is 1.51. The number of halogens is 1. The van der Waals surface area contributed by atoms with Gasteiger partial charge in [-0.05, 0) is 31.0 Å². The van der Waals surface area contributed by atoms with E-state index in [1.54, 1.807) is 23.1 Å². The Morgan fingerprint density at radius 2 is 1.96 bits per heavy atom. The quantitative estimate of drug-likeness (QED) is 0.918. The van der Waals surface area contributed by atoms with Gasteiger partial charge in [0.25, 0.3) is 5.91 Å². The third-order valence-electron chi connectivity index (χ3n) is 4.04. The van der Waals surface area contributed by atoms with Crippen molar-refractivity contribution < 1.29 is 14.3 Å². The van der Waals surface area contributed by atoms with Crippen molar-refractivity contribution in [2.24, 2.45) is 5.92 Å². The van der Waals surface area contributed by atoms with Crippen LogP contribution in [-0.4, -0.2) is 43.0 Å². The molecule has 1 aliphatic rings. The third-order valence-corrected chi connectivity index (χ3v) is 4.28. The van der Waals surface area contributed by atoms with Gasteiger partial charge in [-0.2, -0.15) is 0 Å². The van der Waals surface area contributed by atoms with Gasteiger partial charge in [0.2, 0.25) is 5.91 Å². The average Bonchev–Trinajstić information content (AvgIpc) is 2.54. The molecule has 0 unspecified atom stereocenters. The molecule has 2 rings (SSSR count). The minimum Gasteiger partial charge on any atom is -0.496 e. The number of nitrogens with one attached hydrogen (secondary N) is 1. The van der Waals surface area contributed by atoms with Crippen LogP contribution in [-0.2, 0) is 4.79 Å². The number of piperidine rings is 1. The van der Waals surface area contributed by atoms with Crippen LogP contribution in [0.5, 0.6) is 5.75 Å². The van der Waals surface area contributed by atoms with E-state index in [1.165, 1.54) is 7.11 Å². The van der Waals surface area contributed by atoms with E-state index in [0.29, 0.717) is 29.4 Å². The van der Waals surface area contributed by atoms with Gasteiger partial charge in [0.15, 0.2) is 0 Å². The molecule has 1 aromatic rings. The Hall–Kier alpha value is -1.75. The third kappa shape index (κ3) is 4.38. The number of likely N-dealkylation sites (tertiary alicyclic amines) is 1. The lowest BCUT2D eigenvalue weighted by Crippen LogP contribution is -2.47. The predicted molar refractivity (Wildman–Crippen MR) is 89.9 cm³/mol. The highest BCUT2D eigenvalue weighted by atomic mass is 35.5. The van der Waals surface area contributed by atoms with Gasteiger partial charge >= 0.3 is 0 Å². The van der Waals surface area contributed by atoms with E-state index in [0.717, 1.165) is 12.8 Å². The lowest BCUT2D eigenvalue weighted by Gasteiger charge is -2.33. The number of rotatable bonds is 4. The summed E-state index contributed by atoms with van der Waals surface area (Å²) in [5.41, 5.74) is 0.477. The molecule has 2 amide bonds. The van der Waals surface area contributed by atoms with Crippen LogP contribution >= 0.6 is 11.6 Å². The molecule has 0 atom stereocenters. The number of benzene rings is 1. The molecule has 1 N–H and O–H groups in total. The number of hydrogen-bond donors (Lipinski definition) is 1. The molecule has 0 aliphatic carbocycles. The summed E-state index contributed by atoms with van der Waals surface area (Å²) in [5.74, 6) is 0.476. The molecule has 126 valence electrons. The highest BCUT2D eigenvalue weighted by Gasteiger charge is 2.26. The molecule has 0 saturated carbocycles. The largest absolute Gasteiger partial charge is 0.496 e. The second kappa shape index (κ2) is 7.68. The van der Waals surface area contributed by atoms with E-state index in [-0.39, 0.29) is 23.8 Å². The van der Waals surface area contributed by atoms with E-state index in [4.69, 9.17) is 16.3 Å². The van der Waals surface area contributed by atoms with Crippen molar-refractivity contribution in [2.75, 3.05) is 20.2 Å². The van der Waals surface area contributed by atoms with E-state index in [1.807, 2.05) is 13.8 Å². The number of ether oxygens (including phenoxy) is 1. The fraction of sp³-hybridized carbons (Fsp3) is 0.529. The van der Waals surface area contributed by atoms with Crippen molar-refractivity contribution in [3.8, 4) is 5.75 Å². The minimum atomic E-state index is -0.0852. The molecule has 23 heavy (non-hydrogen) atoms. The number of carbonyl (C=O) groups excluding carboxylic acids is 2. The molecular formula is C17H23ClN2O3. The Balaban J connectivity index is 1.99. The topological polar surface area (TPSA) is 58.6 Å². The zero-order chi connectivity index (χ0) is 17.0. The Bertz CT molecular complexity index is 581. The van der Waals surface area contributed by atoms with Crippen LogP contribution in [0.2, 0.25) is 5.02 Å². The van der Waals surface area contributed by atoms with Crippen LogP contribution < -0.4 is 10.1 Å². The van der Waals surface area contributed by atoms with Crippen LogP contribution in [0.25, 0.3) is 0 Å². The lowest BCUT2D eigenvalue weighted by atomic mass is 10.0. The monoisotopic (exact) mass is 338 g/mol. The van der Waals surface area contributed by atoms with Gasteiger partial charge in [-0.15, -0.1) is 0 Å². The fourth-order valence-corrected chi connectivity index (χ4v) is 2.78. The second-order valence-electron chi connectivity index (χ2n) is 6.07. The summed E-state index contributed by atoms with van der Waals surface area (Å²) >= 11 is 5.99. The van der Waals surface area contributed by atoms with Gasteiger partial charge < -0.3 is 15.0 Å². The molecule has 1 aromatic carbocycles. The van der Waals surface area contributed by atoms with E-state index >= 15 is 0 Å². The van der Waals surface area contributed by atoms with Crippen molar-refractivity contribution >= 4 is 23.4 Å². The summed E-state index contributed by atoms with van der Waals surface area (Å²) in [7, 11) is 1.54. The zero-order valence-electron chi connectivity index (χ0n) is 13.8. The van der Waals surface area contributed by atoms with Crippen molar-refractivity contribution in [1.29, 1.82) is 0 Å². The summed E-state index contributed by atoms with van der Waals surface area (Å²) < 4.78 is 5.25. The molecule has 0 bridgehead atoms.